The van der Waals surface area contributed by atoms with Gasteiger partial charge in [-0.25, -0.2) is 0 Å². The average molecular weight is 290 g/mol. The minimum Gasteiger partial charge on any atom is -0.312 e. The molecule has 0 aromatic heterocycles. The van der Waals surface area contributed by atoms with E-state index in [9.17, 15) is 0 Å². The normalized spacial score (nSPS) is 22.4. The molecule has 1 aromatic carbocycles. The maximum Gasteiger partial charge on any atom is 0.0640 e. The van der Waals surface area contributed by atoms with Crippen molar-refractivity contribution in [3.8, 4) is 0 Å². The van der Waals surface area contributed by atoms with Crippen molar-refractivity contribution in [3.63, 3.8) is 0 Å². The van der Waals surface area contributed by atoms with E-state index in [2.05, 4.69) is 11.4 Å². The smallest absolute Gasteiger partial charge is 0.0640 e. The molecule has 1 fully saturated rings. The zero-order chi connectivity index (χ0) is 12.3. The summed E-state index contributed by atoms with van der Waals surface area (Å²) in [4.78, 5) is 0. The molecular weight excluding hydrogens is 273 g/mol. The van der Waals surface area contributed by atoms with Crippen LogP contribution in [0.1, 0.15) is 30.9 Å². The molecule has 0 saturated carbocycles. The molecular formula is C13H17Cl2NS. The Hall–Kier alpha value is 0.110. The molecule has 1 aliphatic heterocycles. The van der Waals surface area contributed by atoms with Gasteiger partial charge in [0, 0.05) is 11.3 Å². The first-order valence-electron chi connectivity index (χ1n) is 5.97. The molecule has 4 heteroatoms. The molecule has 94 valence electrons. The number of halogens is 2. The molecule has 1 aromatic rings. The predicted molar refractivity (Wildman–Crippen MR) is 78.4 cm³/mol. The van der Waals surface area contributed by atoms with Crippen LogP contribution < -0.4 is 5.32 Å². The van der Waals surface area contributed by atoms with Crippen molar-refractivity contribution >= 4 is 35.0 Å². The third kappa shape index (κ3) is 3.11. The fraction of sp³-hybridized carbons (Fsp3) is 0.538. The lowest BCUT2D eigenvalue weighted by Gasteiger charge is -2.30. The summed E-state index contributed by atoms with van der Waals surface area (Å²) in [5, 5.41) is 5.33. The van der Waals surface area contributed by atoms with E-state index in [1.807, 2.05) is 30.9 Å². The first kappa shape index (κ1) is 13.5. The highest BCUT2D eigenvalue weighted by Gasteiger charge is 2.26. The van der Waals surface area contributed by atoms with E-state index >= 15 is 0 Å². The second-order valence-corrected chi connectivity index (χ2v) is 6.45. The fourth-order valence-corrected chi connectivity index (χ4v) is 4.24. The Kier molecular flexibility index (Phi) is 5.04. The van der Waals surface area contributed by atoms with Crippen molar-refractivity contribution in [3.05, 3.63) is 33.8 Å². The van der Waals surface area contributed by atoms with E-state index in [1.165, 1.54) is 25.0 Å². The zero-order valence-corrected chi connectivity index (χ0v) is 12.2. The Morgan fingerprint density at radius 2 is 2.18 bits per heavy atom. The molecule has 1 nitrogen and oxygen atoms in total. The van der Waals surface area contributed by atoms with Crippen LogP contribution in [0.3, 0.4) is 0 Å². The van der Waals surface area contributed by atoms with E-state index < -0.39 is 0 Å². The van der Waals surface area contributed by atoms with Gasteiger partial charge in [-0.2, -0.15) is 11.8 Å². The van der Waals surface area contributed by atoms with Crippen molar-refractivity contribution in [1.82, 2.24) is 5.32 Å². The second-order valence-electron chi connectivity index (χ2n) is 4.31. The Labute approximate surface area is 117 Å². The lowest BCUT2D eigenvalue weighted by Crippen LogP contribution is -2.29. The van der Waals surface area contributed by atoms with Gasteiger partial charge in [-0.3, -0.25) is 0 Å². The van der Waals surface area contributed by atoms with Crippen LogP contribution in [-0.2, 0) is 0 Å². The summed E-state index contributed by atoms with van der Waals surface area (Å²) >= 11 is 14.4. The molecule has 0 bridgehead atoms. The van der Waals surface area contributed by atoms with Crippen molar-refractivity contribution in [2.45, 2.75) is 30.6 Å². The van der Waals surface area contributed by atoms with Crippen molar-refractivity contribution in [2.24, 2.45) is 0 Å². The standard InChI is InChI=1S/C13H17Cl2NS/c1-16-13(11-7-2-3-8-17-11)9-5-4-6-10(14)12(9)15/h4-6,11,13,16H,2-3,7-8H2,1H3. The molecule has 0 spiro atoms. The third-order valence-corrected chi connectivity index (χ3v) is 5.51. The first-order valence-corrected chi connectivity index (χ1v) is 7.77. The monoisotopic (exact) mass is 289 g/mol. The van der Waals surface area contributed by atoms with E-state index in [-0.39, 0.29) is 0 Å². The van der Waals surface area contributed by atoms with Gasteiger partial charge in [-0.05, 0) is 37.3 Å². The quantitative estimate of drug-likeness (QED) is 0.877. The number of benzene rings is 1. The molecule has 2 rings (SSSR count). The lowest BCUT2D eigenvalue weighted by atomic mass is 9.99. The van der Waals surface area contributed by atoms with E-state index in [0.717, 1.165) is 5.56 Å². The van der Waals surface area contributed by atoms with Crippen molar-refractivity contribution < 1.29 is 0 Å². The topological polar surface area (TPSA) is 12.0 Å². The summed E-state index contributed by atoms with van der Waals surface area (Å²) in [6.07, 6.45) is 3.90. The van der Waals surface area contributed by atoms with Crippen LogP contribution in [0, 0.1) is 0 Å². The van der Waals surface area contributed by atoms with Crippen LogP contribution in [0.25, 0.3) is 0 Å². The summed E-state index contributed by atoms with van der Waals surface area (Å²) in [5.74, 6) is 1.25. The predicted octanol–water partition coefficient (Wildman–Crippen LogP) is 4.54. The SMILES string of the molecule is CNC(c1cccc(Cl)c1Cl)C1CCCCS1. The summed E-state index contributed by atoms with van der Waals surface area (Å²) in [5.41, 5.74) is 1.13. The number of thioether (sulfide) groups is 1. The van der Waals surface area contributed by atoms with E-state index in [4.69, 9.17) is 23.2 Å². The Balaban J connectivity index is 2.24. The van der Waals surface area contributed by atoms with E-state index in [0.29, 0.717) is 21.3 Å². The number of hydrogen-bond acceptors (Lipinski definition) is 2. The zero-order valence-electron chi connectivity index (χ0n) is 9.88. The van der Waals surface area contributed by atoms with Crippen LogP contribution in [-0.4, -0.2) is 18.1 Å². The van der Waals surface area contributed by atoms with Crippen molar-refractivity contribution in [1.29, 1.82) is 0 Å². The minimum absolute atomic E-state index is 0.298. The maximum atomic E-state index is 6.30. The Morgan fingerprint density at radius 3 is 2.82 bits per heavy atom. The lowest BCUT2D eigenvalue weighted by molar-refractivity contribution is 0.516. The minimum atomic E-state index is 0.298. The fourth-order valence-electron chi connectivity index (χ4n) is 2.33. The number of hydrogen-bond donors (Lipinski definition) is 1. The maximum absolute atomic E-state index is 6.30. The van der Waals surface area contributed by atoms with Gasteiger partial charge >= 0.3 is 0 Å². The first-order chi connectivity index (χ1) is 8.24. The molecule has 1 aliphatic rings. The molecule has 17 heavy (non-hydrogen) atoms. The van der Waals surface area contributed by atoms with Gasteiger partial charge in [0.2, 0.25) is 0 Å². The number of nitrogens with one attached hydrogen (secondary N) is 1. The van der Waals surface area contributed by atoms with Gasteiger partial charge in [0.25, 0.3) is 0 Å². The van der Waals surface area contributed by atoms with Gasteiger partial charge in [0.1, 0.15) is 0 Å². The van der Waals surface area contributed by atoms with Crippen LogP contribution >= 0.6 is 35.0 Å². The molecule has 2 atom stereocenters. The summed E-state index contributed by atoms with van der Waals surface area (Å²) in [6.45, 7) is 0. The van der Waals surface area contributed by atoms with Gasteiger partial charge in [-0.1, -0.05) is 41.8 Å². The molecule has 0 radical (unpaired) electrons. The molecule has 0 amide bonds. The largest absolute Gasteiger partial charge is 0.312 e. The average Bonchev–Trinajstić information content (AvgIpc) is 2.37. The summed E-state index contributed by atoms with van der Waals surface area (Å²) in [7, 11) is 2.00. The van der Waals surface area contributed by atoms with Gasteiger partial charge in [0.05, 0.1) is 10.0 Å². The highest BCUT2D eigenvalue weighted by molar-refractivity contribution is 8.00. The van der Waals surface area contributed by atoms with Crippen LogP contribution in [0.15, 0.2) is 18.2 Å². The van der Waals surface area contributed by atoms with Gasteiger partial charge < -0.3 is 5.32 Å². The highest BCUT2D eigenvalue weighted by atomic mass is 35.5. The Morgan fingerprint density at radius 1 is 1.35 bits per heavy atom. The second kappa shape index (κ2) is 6.33. The van der Waals surface area contributed by atoms with Crippen LogP contribution in [0.2, 0.25) is 10.0 Å². The molecule has 2 unspecified atom stereocenters. The van der Waals surface area contributed by atoms with Crippen molar-refractivity contribution in [2.75, 3.05) is 12.8 Å². The van der Waals surface area contributed by atoms with E-state index in [1.54, 1.807) is 0 Å². The summed E-state index contributed by atoms with van der Waals surface area (Å²) in [6, 6.07) is 6.19. The third-order valence-electron chi connectivity index (χ3n) is 3.21. The van der Waals surface area contributed by atoms with Crippen LogP contribution in [0.5, 0.6) is 0 Å². The molecule has 1 saturated heterocycles. The van der Waals surface area contributed by atoms with Gasteiger partial charge in [-0.15, -0.1) is 0 Å². The highest BCUT2D eigenvalue weighted by Crippen LogP contribution is 2.38. The summed E-state index contributed by atoms with van der Waals surface area (Å²) < 4.78 is 0. The number of rotatable bonds is 3. The van der Waals surface area contributed by atoms with Crippen LogP contribution in [0.4, 0.5) is 0 Å². The molecule has 1 heterocycles. The van der Waals surface area contributed by atoms with Gasteiger partial charge in [0.15, 0.2) is 0 Å². The Bertz CT molecular complexity index is 378. The molecule has 0 aliphatic carbocycles. The molecule has 1 N–H and O–H groups in total.